The number of methoxy groups -OCH3 is 1. The standard InChI is InChI=1S/C14H15BO3S/c1-18-11-5-8-13(14(9-11)15(16)17)10-3-6-12(19-2)7-4-10/h3-9,16-17H,1-2H3. The first-order chi connectivity index (χ1) is 9.15. The van der Waals surface area contributed by atoms with Gasteiger partial charge in [-0.2, -0.15) is 0 Å². The largest absolute Gasteiger partial charge is 0.497 e. The van der Waals surface area contributed by atoms with E-state index in [0.717, 1.165) is 11.1 Å². The highest BCUT2D eigenvalue weighted by Gasteiger charge is 2.18. The summed E-state index contributed by atoms with van der Waals surface area (Å²) in [7, 11) is 0.0286. The first-order valence-corrected chi connectivity index (χ1v) is 7.06. The van der Waals surface area contributed by atoms with E-state index in [-0.39, 0.29) is 0 Å². The second-order valence-electron chi connectivity index (χ2n) is 4.06. The summed E-state index contributed by atoms with van der Waals surface area (Å²) in [5.74, 6) is 0.604. The van der Waals surface area contributed by atoms with E-state index in [1.54, 1.807) is 24.9 Å². The molecule has 0 amide bonds. The molecule has 0 atom stereocenters. The molecule has 0 fully saturated rings. The van der Waals surface area contributed by atoms with Crippen molar-refractivity contribution in [1.82, 2.24) is 0 Å². The Morgan fingerprint density at radius 3 is 2.26 bits per heavy atom. The minimum absolute atomic E-state index is 0.441. The Kier molecular flexibility index (Phi) is 4.53. The van der Waals surface area contributed by atoms with E-state index < -0.39 is 7.12 Å². The van der Waals surface area contributed by atoms with E-state index in [0.29, 0.717) is 11.2 Å². The predicted molar refractivity (Wildman–Crippen MR) is 80.0 cm³/mol. The summed E-state index contributed by atoms with van der Waals surface area (Å²) in [6, 6.07) is 13.3. The lowest BCUT2D eigenvalue weighted by molar-refractivity contribution is 0.412. The van der Waals surface area contributed by atoms with Crippen molar-refractivity contribution in [2.24, 2.45) is 0 Å². The molecular formula is C14H15BO3S. The van der Waals surface area contributed by atoms with Crippen LogP contribution in [0.5, 0.6) is 5.75 Å². The zero-order chi connectivity index (χ0) is 13.8. The summed E-state index contributed by atoms with van der Waals surface area (Å²) < 4.78 is 5.11. The minimum atomic E-state index is -1.52. The van der Waals surface area contributed by atoms with Crippen LogP contribution in [-0.4, -0.2) is 30.5 Å². The van der Waals surface area contributed by atoms with Crippen molar-refractivity contribution in [2.45, 2.75) is 4.90 Å². The van der Waals surface area contributed by atoms with Crippen LogP contribution in [0.3, 0.4) is 0 Å². The molecule has 0 aromatic heterocycles. The first kappa shape index (κ1) is 14.0. The second-order valence-corrected chi connectivity index (χ2v) is 4.94. The van der Waals surface area contributed by atoms with E-state index in [1.165, 1.54) is 4.90 Å². The number of hydrogen-bond acceptors (Lipinski definition) is 4. The summed E-state index contributed by atoms with van der Waals surface area (Å²) in [5, 5.41) is 19.0. The molecule has 98 valence electrons. The smallest absolute Gasteiger partial charge is 0.489 e. The number of thioether (sulfide) groups is 1. The number of ether oxygens (including phenoxy) is 1. The Balaban J connectivity index is 2.47. The van der Waals surface area contributed by atoms with Crippen LogP contribution >= 0.6 is 11.8 Å². The van der Waals surface area contributed by atoms with Crippen molar-refractivity contribution in [3.63, 3.8) is 0 Å². The molecule has 19 heavy (non-hydrogen) atoms. The van der Waals surface area contributed by atoms with Gasteiger partial charge in [0.15, 0.2) is 0 Å². The Morgan fingerprint density at radius 2 is 1.74 bits per heavy atom. The quantitative estimate of drug-likeness (QED) is 0.659. The number of hydrogen-bond donors (Lipinski definition) is 2. The zero-order valence-electron chi connectivity index (χ0n) is 10.8. The van der Waals surface area contributed by atoms with Gasteiger partial charge in [-0.3, -0.25) is 0 Å². The monoisotopic (exact) mass is 274 g/mol. The van der Waals surface area contributed by atoms with Gasteiger partial charge in [-0.05, 0) is 47.1 Å². The Labute approximate surface area is 117 Å². The lowest BCUT2D eigenvalue weighted by Crippen LogP contribution is -2.31. The van der Waals surface area contributed by atoms with Crippen LogP contribution < -0.4 is 10.2 Å². The van der Waals surface area contributed by atoms with Gasteiger partial charge < -0.3 is 14.8 Å². The Hall–Kier alpha value is -1.43. The average molecular weight is 274 g/mol. The third kappa shape index (κ3) is 3.12. The van der Waals surface area contributed by atoms with E-state index in [1.807, 2.05) is 42.7 Å². The average Bonchev–Trinajstić information content (AvgIpc) is 2.46. The maximum atomic E-state index is 9.48. The highest BCUT2D eigenvalue weighted by molar-refractivity contribution is 7.98. The van der Waals surface area contributed by atoms with E-state index in [9.17, 15) is 10.0 Å². The van der Waals surface area contributed by atoms with Crippen LogP contribution in [0.4, 0.5) is 0 Å². The van der Waals surface area contributed by atoms with Crippen molar-refractivity contribution in [2.75, 3.05) is 13.4 Å². The predicted octanol–water partition coefficient (Wildman–Crippen LogP) is 1.76. The molecule has 0 radical (unpaired) electrons. The van der Waals surface area contributed by atoms with Gasteiger partial charge in [0.05, 0.1) is 7.11 Å². The van der Waals surface area contributed by atoms with Crippen LogP contribution in [0.15, 0.2) is 47.4 Å². The number of rotatable bonds is 4. The fourth-order valence-corrected chi connectivity index (χ4v) is 2.32. The van der Waals surface area contributed by atoms with Crippen LogP contribution in [0.2, 0.25) is 0 Å². The van der Waals surface area contributed by atoms with Gasteiger partial charge >= 0.3 is 7.12 Å². The maximum absolute atomic E-state index is 9.48. The molecule has 2 rings (SSSR count). The van der Waals surface area contributed by atoms with Crippen LogP contribution in [-0.2, 0) is 0 Å². The fourth-order valence-electron chi connectivity index (χ4n) is 1.91. The van der Waals surface area contributed by atoms with E-state index in [4.69, 9.17) is 4.74 Å². The van der Waals surface area contributed by atoms with Gasteiger partial charge in [-0.15, -0.1) is 11.8 Å². The molecule has 0 unspecified atom stereocenters. The molecule has 0 aliphatic heterocycles. The molecular weight excluding hydrogens is 259 g/mol. The highest BCUT2D eigenvalue weighted by atomic mass is 32.2. The Bertz CT molecular complexity index is 555. The lowest BCUT2D eigenvalue weighted by Gasteiger charge is -2.11. The molecule has 0 bridgehead atoms. The van der Waals surface area contributed by atoms with Crippen molar-refractivity contribution in [3.8, 4) is 16.9 Å². The van der Waals surface area contributed by atoms with E-state index in [2.05, 4.69) is 0 Å². The SMILES string of the molecule is COc1ccc(-c2ccc(SC)cc2)c(B(O)O)c1. The summed E-state index contributed by atoms with van der Waals surface area (Å²) in [6.07, 6.45) is 2.02. The third-order valence-electron chi connectivity index (χ3n) is 2.94. The first-order valence-electron chi connectivity index (χ1n) is 5.84. The normalized spacial score (nSPS) is 10.3. The molecule has 0 heterocycles. The third-order valence-corrected chi connectivity index (χ3v) is 3.68. The molecule has 5 heteroatoms. The van der Waals surface area contributed by atoms with Crippen LogP contribution in [0.1, 0.15) is 0 Å². The molecule has 0 spiro atoms. The van der Waals surface area contributed by atoms with Gasteiger partial charge in [-0.25, -0.2) is 0 Å². The molecule has 2 aromatic carbocycles. The lowest BCUT2D eigenvalue weighted by atomic mass is 9.75. The fraction of sp³-hybridized carbons (Fsp3) is 0.143. The van der Waals surface area contributed by atoms with Gasteiger partial charge in [0.1, 0.15) is 5.75 Å². The molecule has 3 nitrogen and oxygen atoms in total. The van der Waals surface area contributed by atoms with Gasteiger partial charge in [0, 0.05) is 4.90 Å². The van der Waals surface area contributed by atoms with Crippen LogP contribution in [0.25, 0.3) is 11.1 Å². The van der Waals surface area contributed by atoms with Crippen molar-refractivity contribution >= 4 is 24.3 Å². The van der Waals surface area contributed by atoms with Crippen molar-refractivity contribution in [3.05, 3.63) is 42.5 Å². The van der Waals surface area contributed by atoms with Crippen LogP contribution in [0, 0.1) is 0 Å². The highest BCUT2D eigenvalue weighted by Crippen LogP contribution is 2.24. The summed E-state index contributed by atoms with van der Waals surface area (Å²) in [6.45, 7) is 0. The van der Waals surface area contributed by atoms with Gasteiger partial charge in [0.25, 0.3) is 0 Å². The van der Waals surface area contributed by atoms with E-state index >= 15 is 0 Å². The Morgan fingerprint density at radius 1 is 1.05 bits per heavy atom. The molecule has 0 saturated carbocycles. The summed E-state index contributed by atoms with van der Waals surface area (Å²) in [4.78, 5) is 1.17. The van der Waals surface area contributed by atoms with Gasteiger partial charge in [-0.1, -0.05) is 18.2 Å². The molecule has 0 aliphatic rings. The van der Waals surface area contributed by atoms with Crippen molar-refractivity contribution < 1.29 is 14.8 Å². The molecule has 2 N–H and O–H groups in total. The minimum Gasteiger partial charge on any atom is -0.497 e. The van der Waals surface area contributed by atoms with Crippen molar-refractivity contribution in [1.29, 1.82) is 0 Å². The zero-order valence-corrected chi connectivity index (χ0v) is 11.6. The topological polar surface area (TPSA) is 49.7 Å². The molecule has 2 aromatic rings. The molecule has 0 saturated heterocycles. The van der Waals surface area contributed by atoms with Gasteiger partial charge in [0.2, 0.25) is 0 Å². The maximum Gasteiger partial charge on any atom is 0.489 e. The second kappa shape index (κ2) is 6.15. The summed E-state index contributed by atoms with van der Waals surface area (Å²) >= 11 is 1.67. The summed E-state index contributed by atoms with van der Waals surface area (Å²) in [5.41, 5.74) is 2.18. The molecule has 0 aliphatic carbocycles. The number of benzene rings is 2.